The summed E-state index contributed by atoms with van der Waals surface area (Å²) in [5.74, 6) is 2.64. The zero-order valence-electron chi connectivity index (χ0n) is 16.2. The van der Waals surface area contributed by atoms with E-state index in [4.69, 9.17) is 20.9 Å². The van der Waals surface area contributed by atoms with E-state index in [1.54, 1.807) is 24.3 Å². The molecule has 0 saturated carbocycles. The van der Waals surface area contributed by atoms with E-state index in [0.29, 0.717) is 40.9 Å². The fraction of sp³-hybridized carbons (Fsp3) is 0.579. The van der Waals surface area contributed by atoms with Crippen LogP contribution in [0.4, 0.5) is 6.01 Å². The highest BCUT2D eigenvalue weighted by molar-refractivity contribution is 7.90. The lowest BCUT2D eigenvalue weighted by Crippen LogP contribution is -2.36. The first kappa shape index (κ1) is 20.9. The topological polar surface area (TPSA) is 85.5 Å². The summed E-state index contributed by atoms with van der Waals surface area (Å²) in [4.78, 5) is 6.71. The van der Waals surface area contributed by atoms with E-state index in [-0.39, 0.29) is 5.88 Å². The van der Waals surface area contributed by atoms with Gasteiger partial charge in [0, 0.05) is 19.3 Å². The minimum absolute atomic E-state index is 0.258. The number of sulfone groups is 1. The van der Waals surface area contributed by atoms with Crippen LogP contribution >= 0.6 is 11.6 Å². The van der Waals surface area contributed by atoms with E-state index in [9.17, 15) is 8.42 Å². The van der Waals surface area contributed by atoms with Gasteiger partial charge in [-0.2, -0.15) is 4.98 Å². The molecule has 1 aromatic heterocycles. The normalized spacial score (nSPS) is 16.9. The third-order valence-corrected chi connectivity index (χ3v) is 6.65. The lowest BCUT2D eigenvalue weighted by atomic mass is 9.84. The molecule has 1 aliphatic heterocycles. The van der Waals surface area contributed by atoms with Crippen LogP contribution in [0.5, 0.6) is 5.75 Å². The monoisotopic (exact) mass is 427 g/mol. The highest BCUT2D eigenvalue weighted by Gasteiger charge is 2.26. The number of nitrogens with zero attached hydrogens (tertiary/aromatic N) is 3. The Labute approximate surface area is 170 Å². The maximum absolute atomic E-state index is 11.5. The van der Waals surface area contributed by atoms with Gasteiger partial charge in [0.2, 0.25) is 0 Å². The molecule has 0 spiro atoms. The molecule has 0 radical (unpaired) electrons. The zero-order valence-corrected chi connectivity index (χ0v) is 17.7. The maximum Gasteiger partial charge on any atom is 0.324 e. The Kier molecular flexibility index (Phi) is 6.82. The van der Waals surface area contributed by atoms with E-state index >= 15 is 0 Å². The number of piperidine rings is 1. The van der Waals surface area contributed by atoms with Crippen LogP contribution in [-0.2, 0) is 15.7 Å². The zero-order chi connectivity index (χ0) is 20.1. The van der Waals surface area contributed by atoms with Gasteiger partial charge in [0.25, 0.3) is 0 Å². The highest BCUT2D eigenvalue weighted by Crippen LogP contribution is 2.29. The third-order valence-electron chi connectivity index (χ3n) is 5.29. The first-order valence-corrected chi connectivity index (χ1v) is 11.9. The third kappa shape index (κ3) is 5.38. The summed E-state index contributed by atoms with van der Waals surface area (Å²) < 4.78 is 34.0. The van der Waals surface area contributed by atoms with Crippen molar-refractivity contribution in [1.82, 2.24) is 10.1 Å². The van der Waals surface area contributed by atoms with Gasteiger partial charge in [-0.1, -0.05) is 12.1 Å². The molecule has 2 aromatic rings. The van der Waals surface area contributed by atoms with Gasteiger partial charge >= 0.3 is 6.01 Å². The molecule has 0 N–H and O–H groups in total. The summed E-state index contributed by atoms with van der Waals surface area (Å²) in [6.07, 6.45) is 4.30. The van der Waals surface area contributed by atoms with Gasteiger partial charge in [-0.3, -0.25) is 0 Å². The Bertz CT molecular complexity index is 862. The van der Waals surface area contributed by atoms with Crippen molar-refractivity contribution in [2.75, 3.05) is 30.9 Å². The van der Waals surface area contributed by atoms with Crippen LogP contribution in [0.15, 0.2) is 33.7 Å². The van der Waals surface area contributed by atoms with Gasteiger partial charge in [0.05, 0.1) is 17.4 Å². The predicted molar refractivity (Wildman–Crippen MR) is 108 cm³/mol. The van der Waals surface area contributed by atoms with E-state index in [1.165, 1.54) is 6.26 Å². The fourth-order valence-corrected chi connectivity index (χ4v) is 4.21. The van der Waals surface area contributed by atoms with Gasteiger partial charge in [0.1, 0.15) is 5.75 Å². The predicted octanol–water partition coefficient (Wildman–Crippen LogP) is 3.53. The average molecular weight is 428 g/mol. The van der Waals surface area contributed by atoms with Crippen LogP contribution in [0.3, 0.4) is 0 Å². The second kappa shape index (κ2) is 9.13. The Hall–Kier alpha value is -1.80. The summed E-state index contributed by atoms with van der Waals surface area (Å²) in [5.41, 5.74) is 0. The van der Waals surface area contributed by atoms with E-state index in [1.807, 2.05) is 0 Å². The smallest absolute Gasteiger partial charge is 0.324 e. The first-order valence-electron chi connectivity index (χ1n) is 9.43. The second-order valence-corrected chi connectivity index (χ2v) is 9.59. The molecule has 0 bridgehead atoms. The van der Waals surface area contributed by atoms with E-state index < -0.39 is 9.84 Å². The highest BCUT2D eigenvalue weighted by atomic mass is 35.5. The van der Waals surface area contributed by atoms with E-state index in [2.05, 4.69) is 22.0 Å². The number of ether oxygens (including phenoxy) is 1. The molecule has 1 unspecified atom stereocenters. The molecule has 1 atom stereocenters. The van der Waals surface area contributed by atoms with Gasteiger partial charge in [-0.25, -0.2) is 8.42 Å². The number of hydrogen-bond acceptors (Lipinski definition) is 7. The average Bonchev–Trinajstić information content (AvgIpc) is 3.17. The molecule has 1 saturated heterocycles. The summed E-state index contributed by atoms with van der Waals surface area (Å²) in [7, 11) is -3.17. The molecular weight excluding hydrogens is 402 g/mol. The number of benzene rings is 1. The molecule has 28 heavy (non-hydrogen) atoms. The van der Waals surface area contributed by atoms with Crippen molar-refractivity contribution in [1.29, 1.82) is 0 Å². The summed E-state index contributed by atoms with van der Waals surface area (Å²) in [5, 5.41) is 3.84. The molecule has 1 aliphatic rings. The summed E-state index contributed by atoms with van der Waals surface area (Å²) in [6.45, 7) is 4.66. The largest absolute Gasteiger partial charge is 0.494 e. The first-order chi connectivity index (χ1) is 13.4. The Balaban J connectivity index is 1.41. The molecule has 9 heteroatoms. The van der Waals surface area contributed by atoms with Crippen LogP contribution < -0.4 is 9.64 Å². The summed E-state index contributed by atoms with van der Waals surface area (Å²) in [6, 6.07) is 7.13. The number of anilines is 1. The molecular formula is C19H26ClN3O4S. The molecule has 2 heterocycles. The van der Waals surface area contributed by atoms with Gasteiger partial charge in [-0.05, 0) is 55.4 Å². The standard InChI is InChI=1S/C19H26ClN3O4S/c1-14(9-12-26-16-3-5-17(6-4-16)28(2,24)25)15-7-10-23(11-8-15)19-21-18(13-20)22-27-19/h3-6,14-15H,7-13H2,1-2H3. The number of aromatic nitrogens is 2. The van der Waals surface area contributed by atoms with Crippen LogP contribution in [-0.4, -0.2) is 44.5 Å². The lowest BCUT2D eigenvalue weighted by Gasteiger charge is -2.33. The fourth-order valence-electron chi connectivity index (χ4n) is 3.47. The van der Waals surface area contributed by atoms with Crippen LogP contribution in [0.1, 0.15) is 32.0 Å². The van der Waals surface area contributed by atoms with Gasteiger partial charge < -0.3 is 14.2 Å². The molecule has 3 rings (SSSR count). The molecule has 1 aromatic carbocycles. The maximum atomic E-state index is 11.5. The number of hydrogen-bond donors (Lipinski definition) is 0. The Morgan fingerprint density at radius 3 is 2.54 bits per heavy atom. The Morgan fingerprint density at radius 2 is 1.96 bits per heavy atom. The molecule has 0 amide bonds. The minimum atomic E-state index is -3.17. The van der Waals surface area contributed by atoms with Crippen molar-refractivity contribution in [3.63, 3.8) is 0 Å². The molecule has 1 fully saturated rings. The van der Waals surface area contributed by atoms with Gasteiger partial charge in [0.15, 0.2) is 15.7 Å². The van der Waals surface area contributed by atoms with Crippen LogP contribution in [0.2, 0.25) is 0 Å². The number of halogens is 1. The number of rotatable bonds is 8. The van der Waals surface area contributed by atoms with Crippen molar-refractivity contribution in [3.05, 3.63) is 30.1 Å². The molecule has 0 aliphatic carbocycles. The molecule has 7 nitrogen and oxygen atoms in total. The van der Waals surface area contributed by atoms with Crippen LogP contribution in [0, 0.1) is 11.8 Å². The molecule has 154 valence electrons. The summed E-state index contributed by atoms with van der Waals surface area (Å²) >= 11 is 5.72. The van der Waals surface area contributed by atoms with Gasteiger partial charge in [-0.15, -0.1) is 11.6 Å². The van der Waals surface area contributed by atoms with Crippen molar-refractivity contribution >= 4 is 27.5 Å². The number of alkyl halides is 1. The lowest BCUT2D eigenvalue weighted by molar-refractivity contribution is 0.220. The second-order valence-electron chi connectivity index (χ2n) is 7.31. The SMILES string of the molecule is CC(CCOc1ccc(S(C)(=O)=O)cc1)C1CCN(c2nc(CCl)no2)CC1. The van der Waals surface area contributed by atoms with Crippen molar-refractivity contribution in [2.24, 2.45) is 11.8 Å². The quantitative estimate of drug-likeness (QED) is 0.595. The minimum Gasteiger partial charge on any atom is -0.494 e. The van der Waals surface area contributed by atoms with Crippen molar-refractivity contribution in [2.45, 2.75) is 37.0 Å². The van der Waals surface area contributed by atoms with Crippen molar-refractivity contribution < 1.29 is 17.7 Å². The Morgan fingerprint density at radius 1 is 1.29 bits per heavy atom. The van der Waals surface area contributed by atoms with Crippen molar-refractivity contribution in [3.8, 4) is 5.75 Å². The van der Waals surface area contributed by atoms with E-state index in [0.717, 1.165) is 32.4 Å². The van der Waals surface area contributed by atoms with Crippen LogP contribution in [0.25, 0.3) is 0 Å².